The molecule has 2 aromatic rings. The van der Waals surface area contributed by atoms with Gasteiger partial charge in [-0.15, -0.1) is 0 Å². The maximum Gasteiger partial charge on any atom is 0.232 e. The molecule has 0 atom stereocenters. The van der Waals surface area contributed by atoms with Crippen LogP contribution in [0.4, 0.5) is 4.39 Å². The minimum atomic E-state index is -0.496. The van der Waals surface area contributed by atoms with Crippen LogP contribution in [0.5, 0.6) is 11.5 Å². The van der Waals surface area contributed by atoms with Crippen molar-refractivity contribution in [1.82, 2.24) is 4.90 Å². The van der Waals surface area contributed by atoms with E-state index >= 15 is 0 Å². The van der Waals surface area contributed by atoms with Gasteiger partial charge in [-0.2, -0.15) is 0 Å². The first-order chi connectivity index (χ1) is 13.0. The summed E-state index contributed by atoms with van der Waals surface area (Å²) in [6.45, 7) is 3.09. The van der Waals surface area contributed by atoms with E-state index in [-0.39, 0.29) is 22.1 Å². The summed E-state index contributed by atoms with van der Waals surface area (Å²) in [5, 5.41) is 0.233. The van der Waals surface area contributed by atoms with Crippen LogP contribution in [0, 0.1) is 12.7 Å². The average Bonchev–Trinajstić information content (AvgIpc) is 3.43. The fourth-order valence-corrected chi connectivity index (χ4v) is 3.92. The van der Waals surface area contributed by atoms with Crippen molar-refractivity contribution in [1.29, 1.82) is 0 Å². The molecule has 0 bridgehead atoms. The number of carbonyl (C=O) groups is 1. The Morgan fingerprint density at radius 2 is 2.15 bits per heavy atom. The first-order valence-corrected chi connectivity index (χ1v) is 9.32. The molecule has 5 rings (SSSR count). The van der Waals surface area contributed by atoms with Crippen molar-refractivity contribution in [2.24, 2.45) is 0 Å². The second-order valence-corrected chi connectivity index (χ2v) is 7.61. The Bertz CT molecular complexity index is 993. The number of Topliss-reactive ketones (excluding diaryl/α,β-unsaturated/α-hetero) is 1. The van der Waals surface area contributed by atoms with Gasteiger partial charge < -0.3 is 9.47 Å². The number of ketones is 1. The second kappa shape index (κ2) is 6.08. The lowest BCUT2D eigenvalue weighted by atomic mass is 9.98. The van der Waals surface area contributed by atoms with E-state index in [0.717, 1.165) is 16.9 Å². The van der Waals surface area contributed by atoms with Gasteiger partial charge in [-0.05, 0) is 49.6 Å². The molecule has 0 radical (unpaired) electrons. The van der Waals surface area contributed by atoms with Crippen molar-refractivity contribution in [2.75, 3.05) is 6.73 Å². The highest BCUT2D eigenvalue weighted by Crippen LogP contribution is 2.45. The van der Waals surface area contributed by atoms with E-state index in [1.165, 1.54) is 31.1 Å². The standard InChI is InChI=1S/C21H17ClFNO3/c1-11-7-17-14(9-24(10-26-17)12-5-6-12)21-19(11)20(25)18(27-21)8-13-15(22)3-2-4-16(13)23/h2-4,7-8,12H,5-6,9-10H2,1H3/b18-8-. The highest BCUT2D eigenvalue weighted by molar-refractivity contribution is 6.32. The number of allylic oxidation sites excluding steroid dienone is 1. The molecule has 2 aromatic carbocycles. The molecule has 0 N–H and O–H groups in total. The molecular formula is C21H17ClFNO3. The van der Waals surface area contributed by atoms with Gasteiger partial charge in [0.05, 0.1) is 16.1 Å². The summed E-state index contributed by atoms with van der Waals surface area (Å²) in [5.74, 6) is 0.606. The van der Waals surface area contributed by atoms with Gasteiger partial charge in [0.2, 0.25) is 5.78 Å². The number of hydrogen-bond acceptors (Lipinski definition) is 4. The summed E-state index contributed by atoms with van der Waals surface area (Å²) in [6.07, 6.45) is 3.72. The molecule has 6 heteroatoms. The normalized spacial score (nSPS) is 20.3. The van der Waals surface area contributed by atoms with E-state index in [0.29, 0.717) is 30.6 Å². The lowest BCUT2D eigenvalue weighted by Crippen LogP contribution is -2.34. The van der Waals surface area contributed by atoms with Gasteiger partial charge in [-0.1, -0.05) is 17.7 Å². The molecule has 0 aromatic heterocycles. The molecular weight excluding hydrogens is 369 g/mol. The predicted molar refractivity (Wildman–Crippen MR) is 99.6 cm³/mol. The van der Waals surface area contributed by atoms with Crippen molar-refractivity contribution >= 4 is 23.5 Å². The maximum atomic E-state index is 14.1. The van der Waals surface area contributed by atoms with Crippen molar-refractivity contribution < 1.29 is 18.7 Å². The van der Waals surface area contributed by atoms with E-state index in [9.17, 15) is 9.18 Å². The van der Waals surface area contributed by atoms with E-state index in [2.05, 4.69) is 4.90 Å². The SMILES string of the molecule is Cc1cc2c(c3c1C(=O)/C(=C/c1c(F)cccc1Cl)O3)CN(C1CC1)CO2. The molecule has 1 fully saturated rings. The minimum absolute atomic E-state index is 0.0806. The second-order valence-electron chi connectivity index (χ2n) is 7.20. The summed E-state index contributed by atoms with van der Waals surface area (Å²) in [4.78, 5) is 15.2. The first kappa shape index (κ1) is 16.8. The van der Waals surface area contributed by atoms with Crippen LogP contribution in [0.3, 0.4) is 0 Å². The van der Waals surface area contributed by atoms with Gasteiger partial charge >= 0.3 is 0 Å². The van der Waals surface area contributed by atoms with Crippen LogP contribution in [0.1, 0.15) is 39.9 Å². The topological polar surface area (TPSA) is 38.8 Å². The number of nitrogens with zero attached hydrogens (tertiary/aromatic N) is 1. The molecule has 1 aliphatic carbocycles. The zero-order valence-electron chi connectivity index (χ0n) is 14.7. The molecule has 27 heavy (non-hydrogen) atoms. The molecule has 2 aliphatic heterocycles. The van der Waals surface area contributed by atoms with Crippen molar-refractivity contribution in [2.45, 2.75) is 32.4 Å². The first-order valence-electron chi connectivity index (χ1n) is 8.94. The quantitative estimate of drug-likeness (QED) is 0.701. The van der Waals surface area contributed by atoms with Crippen molar-refractivity contribution in [3.05, 3.63) is 63.1 Å². The lowest BCUT2D eigenvalue weighted by molar-refractivity contribution is 0.0867. The monoisotopic (exact) mass is 385 g/mol. The molecule has 4 nitrogen and oxygen atoms in total. The largest absolute Gasteiger partial charge is 0.478 e. The summed E-state index contributed by atoms with van der Waals surface area (Å²) in [5.41, 5.74) is 2.34. The molecule has 0 unspecified atom stereocenters. The smallest absolute Gasteiger partial charge is 0.232 e. The molecule has 3 aliphatic rings. The minimum Gasteiger partial charge on any atom is -0.478 e. The van der Waals surface area contributed by atoms with Crippen LogP contribution in [-0.2, 0) is 6.54 Å². The van der Waals surface area contributed by atoms with Crippen LogP contribution in [0.15, 0.2) is 30.0 Å². The Labute approximate surface area is 161 Å². The fraction of sp³-hybridized carbons (Fsp3) is 0.286. The molecule has 0 saturated heterocycles. The number of rotatable bonds is 2. The highest BCUT2D eigenvalue weighted by Gasteiger charge is 2.38. The van der Waals surface area contributed by atoms with E-state index < -0.39 is 5.82 Å². The van der Waals surface area contributed by atoms with Crippen molar-refractivity contribution in [3.8, 4) is 11.5 Å². The average molecular weight is 386 g/mol. The van der Waals surface area contributed by atoms with Crippen molar-refractivity contribution in [3.63, 3.8) is 0 Å². The fourth-order valence-electron chi connectivity index (χ4n) is 3.70. The summed E-state index contributed by atoms with van der Waals surface area (Å²) in [6, 6.07) is 6.84. The zero-order valence-corrected chi connectivity index (χ0v) is 15.5. The van der Waals surface area contributed by atoms with Crippen LogP contribution in [0.2, 0.25) is 5.02 Å². The molecule has 0 spiro atoms. The van der Waals surface area contributed by atoms with Gasteiger partial charge in [0.1, 0.15) is 24.0 Å². The van der Waals surface area contributed by atoms with Gasteiger partial charge in [-0.3, -0.25) is 9.69 Å². The number of benzene rings is 2. The van der Waals surface area contributed by atoms with Crippen LogP contribution < -0.4 is 9.47 Å². The predicted octanol–water partition coefficient (Wildman–Crippen LogP) is 4.72. The number of halogens is 2. The highest BCUT2D eigenvalue weighted by atomic mass is 35.5. The zero-order chi connectivity index (χ0) is 18.7. The van der Waals surface area contributed by atoms with Gasteiger partial charge in [0, 0.05) is 18.2 Å². The van der Waals surface area contributed by atoms with Crippen LogP contribution in [-0.4, -0.2) is 23.5 Å². The molecule has 138 valence electrons. The summed E-state index contributed by atoms with van der Waals surface area (Å²) >= 11 is 6.10. The number of hydrogen-bond donors (Lipinski definition) is 0. The van der Waals surface area contributed by atoms with E-state index in [1.807, 2.05) is 13.0 Å². The summed E-state index contributed by atoms with van der Waals surface area (Å²) in [7, 11) is 0. The third-order valence-electron chi connectivity index (χ3n) is 5.29. The molecule has 2 heterocycles. The number of aryl methyl sites for hydroxylation is 1. The van der Waals surface area contributed by atoms with Crippen LogP contribution in [0.25, 0.3) is 6.08 Å². The Morgan fingerprint density at radius 3 is 2.89 bits per heavy atom. The number of ether oxygens (including phenoxy) is 2. The number of carbonyl (C=O) groups excluding carboxylic acids is 1. The Morgan fingerprint density at radius 1 is 1.33 bits per heavy atom. The van der Waals surface area contributed by atoms with Gasteiger partial charge in [0.25, 0.3) is 0 Å². The van der Waals surface area contributed by atoms with E-state index in [1.54, 1.807) is 6.07 Å². The van der Waals surface area contributed by atoms with Gasteiger partial charge in [0.15, 0.2) is 5.76 Å². The Hall–Kier alpha value is -2.37. The Kier molecular flexibility index (Phi) is 3.78. The third kappa shape index (κ3) is 2.73. The molecule has 1 saturated carbocycles. The third-order valence-corrected chi connectivity index (χ3v) is 5.62. The Balaban J connectivity index is 1.58. The summed E-state index contributed by atoms with van der Waals surface area (Å²) < 4.78 is 26.0. The van der Waals surface area contributed by atoms with E-state index in [4.69, 9.17) is 21.1 Å². The maximum absolute atomic E-state index is 14.1. The number of fused-ring (bicyclic) bond motifs is 3. The van der Waals surface area contributed by atoms with Crippen LogP contribution >= 0.6 is 11.6 Å². The lowest BCUT2D eigenvalue weighted by Gasteiger charge is -2.30. The molecule has 0 amide bonds. The van der Waals surface area contributed by atoms with Gasteiger partial charge in [-0.25, -0.2) is 4.39 Å².